The Morgan fingerprint density at radius 3 is 2.57 bits per heavy atom. The molecule has 0 aliphatic carbocycles. The van der Waals surface area contributed by atoms with Crippen molar-refractivity contribution in [1.29, 1.82) is 0 Å². The van der Waals surface area contributed by atoms with Crippen molar-refractivity contribution in [2.24, 2.45) is 5.92 Å². The van der Waals surface area contributed by atoms with Crippen LogP contribution in [0.1, 0.15) is 36.8 Å². The Labute approximate surface area is 274 Å². The Hall–Kier alpha value is -4.08. The number of amides is 3. The average Bonchev–Trinajstić information content (AvgIpc) is 3.48. The van der Waals surface area contributed by atoms with Gasteiger partial charge in [-0.3, -0.25) is 4.79 Å². The number of anilines is 1. The Kier molecular flexibility index (Phi) is 9.52. The highest BCUT2D eigenvalue weighted by Gasteiger charge is 2.38. The summed E-state index contributed by atoms with van der Waals surface area (Å²) in [5.74, 6) is 0.0439. The van der Waals surface area contributed by atoms with E-state index in [4.69, 9.17) is 16.3 Å². The number of carbonyl (C=O) groups is 2. The number of rotatable bonds is 8. The summed E-state index contributed by atoms with van der Waals surface area (Å²) in [6.45, 7) is 4.34. The third kappa shape index (κ3) is 7.00. The summed E-state index contributed by atoms with van der Waals surface area (Å²) in [6, 6.07) is 18.6. The first kappa shape index (κ1) is 31.9. The van der Waals surface area contributed by atoms with Crippen LogP contribution >= 0.6 is 11.6 Å². The molecule has 0 unspecified atom stereocenters. The van der Waals surface area contributed by atoms with Crippen molar-refractivity contribution in [3.05, 3.63) is 94.9 Å². The quantitative estimate of drug-likeness (QED) is 0.231. The van der Waals surface area contributed by atoms with Crippen LogP contribution in [0.3, 0.4) is 0 Å². The van der Waals surface area contributed by atoms with Crippen LogP contribution in [0.5, 0.6) is 5.75 Å². The number of H-pyrrole nitrogens is 1. The second kappa shape index (κ2) is 13.7. The molecular weight excluding hydrogens is 605 g/mol. The van der Waals surface area contributed by atoms with E-state index in [2.05, 4.69) is 15.2 Å². The molecule has 3 amide bonds. The van der Waals surface area contributed by atoms with Crippen LogP contribution in [0.4, 0.5) is 14.9 Å². The van der Waals surface area contributed by atoms with Crippen molar-refractivity contribution in [3.63, 3.8) is 0 Å². The Bertz CT molecular complexity index is 1680. The number of fused-ring (bicyclic) bond motifs is 2. The first-order valence-electron chi connectivity index (χ1n) is 15.9. The predicted octanol–water partition coefficient (Wildman–Crippen LogP) is 6.45. The van der Waals surface area contributed by atoms with Gasteiger partial charge in [-0.25, -0.2) is 9.18 Å². The minimum Gasteiger partial charge on any atom is -0.490 e. The van der Waals surface area contributed by atoms with Crippen LogP contribution in [-0.4, -0.2) is 79.1 Å². The van der Waals surface area contributed by atoms with Gasteiger partial charge in [0.1, 0.15) is 23.7 Å². The fourth-order valence-corrected chi connectivity index (χ4v) is 7.08. The molecule has 0 saturated carbocycles. The molecule has 46 heavy (non-hydrogen) atoms. The zero-order valence-corrected chi connectivity index (χ0v) is 27.3. The zero-order valence-electron chi connectivity index (χ0n) is 26.5. The van der Waals surface area contributed by atoms with Crippen LogP contribution in [0.15, 0.2) is 72.9 Å². The monoisotopic (exact) mass is 645 g/mol. The maximum absolute atomic E-state index is 14.7. The normalized spacial score (nSPS) is 18.3. The van der Waals surface area contributed by atoms with E-state index in [1.807, 2.05) is 74.6 Å². The van der Waals surface area contributed by atoms with Crippen LogP contribution in [-0.2, 0) is 11.2 Å². The number of hydrogen-bond acceptors (Lipinski definition) is 4. The number of aromatic nitrogens is 1. The van der Waals surface area contributed by atoms with E-state index in [9.17, 15) is 14.0 Å². The van der Waals surface area contributed by atoms with Gasteiger partial charge < -0.3 is 29.7 Å². The molecule has 1 fully saturated rings. The van der Waals surface area contributed by atoms with Gasteiger partial charge in [-0.1, -0.05) is 36.7 Å². The van der Waals surface area contributed by atoms with E-state index in [1.165, 1.54) is 12.1 Å². The summed E-state index contributed by atoms with van der Waals surface area (Å²) in [7, 11) is 4.07. The van der Waals surface area contributed by atoms with Crippen molar-refractivity contribution in [1.82, 2.24) is 20.1 Å². The summed E-state index contributed by atoms with van der Waals surface area (Å²) in [5, 5.41) is 4.83. The van der Waals surface area contributed by atoms with E-state index >= 15 is 0 Å². The fourth-order valence-electron chi connectivity index (χ4n) is 6.89. The number of aromatic amines is 1. The minimum atomic E-state index is -0.818. The van der Waals surface area contributed by atoms with Crippen LogP contribution < -0.4 is 15.0 Å². The van der Waals surface area contributed by atoms with E-state index in [0.29, 0.717) is 43.2 Å². The third-order valence-electron chi connectivity index (χ3n) is 9.17. The first-order chi connectivity index (χ1) is 22.2. The molecule has 8 nitrogen and oxygen atoms in total. The average molecular weight is 646 g/mol. The number of piperidine rings is 1. The molecule has 1 saturated heterocycles. The van der Waals surface area contributed by atoms with Gasteiger partial charge in [0.25, 0.3) is 0 Å². The summed E-state index contributed by atoms with van der Waals surface area (Å²) in [6.07, 6.45) is 3.95. The molecule has 0 radical (unpaired) electrons. The Morgan fingerprint density at radius 1 is 1.09 bits per heavy atom. The van der Waals surface area contributed by atoms with Gasteiger partial charge >= 0.3 is 6.03 Å². The number of nitrogens with zero attached hydrogens (tertiary/aromatic N) is 3. The van der Waals surface area contributed by atoms with Crippen molar-refractivity contribution >= 4 is 40.1 Å². The number of hydrogen-bond donors (Lipinski definition) is 2. The van der Waals surface area contributed by atoms with Gasteiger partial charge in [0.2, 0.25) is 5.91 Å². The topological polar surface area (TPSA) is 80.9 Å². The number of urea groups is 1. The molecule has 2 aliphatic rings. The Balaban J connectivity index is 1.24. The van der Waals surface area contributed by atoms with Gasteiger partial charge in [-0.05, 0) is 86.1 Å². The Morgan fingerprint density at radius 2 is 1.83 bits per heavy atom. The van der Waals surface area contributed by atoms with Gasteiger partial charge in [0, 0.05) is 72.7 Å². The second-order valence-corrected chi connectivity index (χ2v) is 13.3. The zero-order chi connectivity index (χ0) is 32.4. The molecular formula is C36H41ClFN5O3. The molecule has 6 rings (SSSR count). The van der Waals surface area contributed by atoms with E-state index in [0.717, 1.165) is 40.7 Å². The summed E-state index contributed by atoms with van der Waals surface area (Å²) in [4.78, 5) is 37.7. The molecule has 242 valence electrons. The number of halogens is 2. The molecule has 0 bridgehead atoms. The number of carbonyl (C=O) groups excluding carboxylic acids is 2. The second-order valence-electron chi connectivity index (χ2n) is 12.8. The summed E-state index contributed by atoms with van der Waals surface area (Å²) < 4.78 is 19.4. The minimum absolute atomic E-state index is 0.0811. The van der Waals surface area contributed by atoms with Crippen molar-refractivity contribution in [3.8, 4) is 5.75 Å². The molecule has 3 heterocycles. The highest BCUT2D eigenvalue weighted by atomic mass is 35.5. The number of para-hydroxylation sites is 1. The third-order valence-corrected chi connectivity index (χ3v) is 9.41. The van der Waals surface area contributed by atoms with Gasteiger partial charge in [-0.2, -0.15) is 0 Å². The maximum atomic E-state index is 14.7. The summed E-state index contributed by atoms with van der Waals surface area (Å²) in [5.41, 5.74) is 3.83. The van der Waals surface area contributed by atoms with E-state index in [1.54, 1.807) is 17.0 Å². The first-order valence-corrected chi connectivity index (χ1v) is 16.3. The fraction of sp³-hybridized carbons (Fsp3) is 0.389. The largest absolute Gasteiger partial charge is 0.490 e. The molecule has 4 aromatic rings. The van der Waals surface area contributed by atoms with Crippen molar-refractivity contribution in [2.75, 3.05) is 45.2 Å². The number of nitrogens with one attached hydrogen (secondary N) is 2. The van der Waals surface area contributed by atoms with Crippen molar-refractivity contribution < 1.29 is 18.7 Å². The number of benzene rings is 3. The molecule has 1 aromatic heterocycles. The highest BCUT2D eigenvalue weighted by molar-refractivity contribution is 6.30. The van der Waals surface area contributed by atoms with Crippen LogP contribution in [0, 0.1) is 11.7 Å². The van der Waals surface area contributed by atoms with Gasteiger partial charge in [0.15, 0.2) is 0 Å². The molecule has 3 atom stereocenters. The summed E-state index contributed by atoms with van der Waals surface area (Å²) >= 11 is 6.41. The number of ether oxygens (including phenoxy) is 1. The molecule has 10 heteroatoms. The standard InChI is InChI=1S/C36H41ClFN5O3/c1-23(31-20-39-32-7-5-4-6-30(31)32)34(35(44)43-22-24(21-41(2)3)18-25-19-26(37)8-13-33(25)43)40-36(45)42-16-14-29(15-17-42)46-28-11-9-27(38)10-12-28/h4-13,19-20,23-24,29,34,39H,14-18,21-22H2,1-3H3,(H,40,45)/t23-,24-,34-/m1/s1. The van der Waals surface area contributed by atoms with E-state index < -0.39 is 6.04 Å². The molecule has 2 aliphatic heterocycles. The van der Waals surface area contributed by atoms with Gasteiger partial charge in [0.05, 0.1) is 0 Å². The number of likely N-dealkylation sites (tertiary alicyclic amines) is 1. The van der Waals surface area contributed by atoms with Gasteiger partial charge in [-0.15, -0.1) is 0 Å². The highest BCUT2D eigenvalue weighted by Crippen LogP contribution is 2.35. The predicted molar refractivity (Wildman–Crippen MR) is 180 cm³/mol. The lowest BCUT2D eigenvalue weighted by Crippen LogP contribution is -2.57. The smallest absolute Gasteiger partial charge is 0.318 e. The lowest BCUT2D eigenvalue weighted by molar-refractivity contribution is -0.121. The SMILES string of the molecule is C[C@H](c1c[nH]c2ccccc12)[C@@H](NC(=O)N1CCC(Oc2ccc(F)cc2)CC1)C(=O)N1C[C@@H](CN(C)C)Cc2cc(Cl)ccc21. The maximum Gasteiger partial charge on any atom is 0.318 e. The van der Waals surface area contributed by atoms with Crippen LogP contribution in [0.25, 0.3) is 10.9 Å². The van der Waals surface area contributed by atoms with E-state index in [-0.39, 0.29) is 35.7 Å². The van der Waals surface area contributed by atoms with Crippen LogP contribution in [0.2, 0.25) is 5.02 Å². The lowest BCUT2D eigenvalue weighted by atomic mass is 9.88. The molecule has 2 N–H and O–H groups in total. The lowest BCUT2D eigenvalue weighted by Gasteiger charge is -2.39. The van der Waals surface area contributed by atoms with Crippen molar-refractivity contribution in [2.45, 2.75) is 44.2 Å². The molecule has 0 spiro atoms. The molecule has 3 aromatic carbocycles.